The molecule has 3 rings (SSSR count). The standard InChI is InChI=1S/C18H27N3O/c1-19-12-15-6-9-20(10-7-15)14-18(22)21-11-8-16-4-2-3-5-17(16)13-21/h2-5,15,19H,6-14H2,1H3. The van der Waals surface area contributed by atoms with Crippen LogP contribution in [-0.4, -0.2) is 55.5 Å². The zero-order valence-corrected chi connectivity index (χ0v) is 13.6. The van der Waals surface area contributed by atoms with E-state index in [0.717, 1.165) is 45.1 Å². The molecular formula is C18H27N3O. The third kappa shape index (κ3) is 3.68. The van der Waals surface area contributed by atoms with E-state index >= 15 is 0 Å². The van der Waals surface area contributed by atoms with E-state index in [0.29, 0.717) is 12.5 Å². The molecule has 1 fully saturated rings. The number of likely N-dealkylation sites (tertiary alicyclic amines) is 1. The quantitative estimate of drug-likeness (QED) is 0.915. The molecule has 0 radical (unpaired) electrons. The Morgan fingerprint density at radius 1 is 1.18 bits per heavy atom. The predicted octanol–water partition coefficient (Wildman–Crippen LogP) is 1.50. The Kier molecular flexibility index (Phi) is 5.11. The summed E-state index contributed by atoms with van der Waals surface area (Å²) in [4.78, 5) is 16.9. The second kappa shape index (κ2) is 7.25. The summed E-state index contributed by atoms with van der Waals surface area (Å²) in [5.74, 6) is 1.07. The highest BCUT2D eigenvalue weighted by molar-refractivity contribution is 5.78. The molecule has 2 aliphatic heterocycles. The molecule has 2 heterocycles. The molecule has 1 aromatic carbocycles. The van der Waals surface area contributed by atoms with Gasteiger partial charge in [-0.3, -0.25) is 9.69 Å². The van der Waals surface area contributed by atoms with Crippen LogP contribution in [0.2, 0.25) is 0 Å². The molecule has 0 unspecified atom stereocenters. The van der Waals surface area contributed by atoms with Gasteiger partial charge in [0.2, 0.25) is 5.91 Å². The number of carbonyl (C=O) groups is 1. The molecule has 4 nitrogen and oxygen atoms in total. The van der Waals surface area contributed by atoms with Gasteiger partial charge in [0, 0.05) is 13.1 Å². The lowest BCUT2D eigenvalue weighted by Crippen LogP contribution is -2.45. The molecule has 4 heteroatoms. The minimum atomic E-state index is 0.293. The third-order valence-electron chi connectivity index (χ3n) is 5.04. The molecular weight excluding hydrogens is 274 g/mol. The van der Waals surface area contributed by atoms with E-state index in [9.17, 15) is 4.79 Å². The number of piperidine rings is 1. The minimum absolute atomic E-state index is 0.293. The molecule has 0 atom stereocenters. The number of carbonyl (C=O) groups excluding carboxylic acids is 1. The number of rotatable bonds is 4. The number of fused-ring (bicyclic) bond motifs is 1. The summed E-state index contributed by atoms with van der Waals surface area (Å²) in [5.41, 5.74) is 2.72. The number of nitrogens with one attached hydrogen (secondary N) is 1. The second-order valence-corrected chi connectivity index (χ2v) is 6.61. The van der Waals surface area contributed by atoms with E-state index in [-0.39, 0.29) is 0 Å². The molecule has 1 amide bonds. The van der Waals surface area contributed by atoms with Gasteiger partial charge in [-0.15, -0.1) is 0 Å². The Labute approximate surface area is 133 Å². The number of amides is 1. The number of hydrogen-bond acceptors (Lipinski definition) is 3. The predicted molar refractivity (Wildman–Crippen MR) is 88.7 cm³/mol. The van der Waals surface area contributed by atoms with Crippen LogP contribution in [0.4, 0.5) is 0 Å². The molecule has 2 aliphatic rings. The molecule has 0 aromatic heterocycles. The average Bonchev–Trinajstić information content (AvgIpc) is 2.56. The third-order valence-corrected chi connectivity index (χ3v) is 5.04. The van der Waals surface area contributed by atoms with Crippen LogP contribution < -0.4 is 5.32 Å². The van der Waals surface area contributed by atoms with Crippen molar-refractivity contribution in [2.75, 3.05) is 39.8 Å². The Bertz CT molecular complexity index is 509. The first-order valence-electron chi connectivity index (χ1n) is 8.48. The lowest BCUT2D eigenvalue weighted by Gasteiger charge is -2.34. The van der Waals surface area contributed by atoms with Crippen molar-refractivity contribution in [3.63, 3.8) is 0 Å². The van der Waals surface area contributed by atoms with Crippen molar-refractivity contribution >= 4 is 5.91 Å². The maximum atomic E-state index is 12.6. The molecule has 0 bridgehead atoms. The lowest BCUT2D eigenvalue weighted by molar-refractivity contribution is -0.133. The highest BCUT2D eigenvalue weighted by Crippen LogP contribution is 2.20. The summed E-state index contributed by atoms with van der Waals surface area (Å²) < 4.78 is 0. The van der Waals surface area contributed by atoms with Crippen molar-refractivity contribution in [1.82, 2.24) is 15.1 Å². The van der Waals surface area contributed by atoms with Gasteiger partial charge in [0.15, 0.2) is 0 Å². The van der Waals surface area contributed by atoms with Crippen LogP contribution in [0.1, 0.15) is 24.0 Å². The summed E-state index contributed by atoms with van der Waals surface area (Å²) >= 11 is 0. The van der Waals surface area contributed by atoms with Gasteiger partial charge >= 0.3 is 0 Å². The van der Waals surface area contributed by atoms with Gasteiger partial charge in [-0.1, -0.05) is 24.3 Å². The summed E-state index contributed by atoms with van der Waals surface area (Å²) in [7, 11) is 2.02. The van der Waals surface area contributed by atoms with Crippen LogP contribution in [-0.2, 0) is 17.8 Å². The first kappa shape index (κ1) is 15.5. The fourth-order valence-electron chi connectivity index (χ4n) is 3.64. The Morgan fingerprint density at radius 3 is 2.64 bits per heavy atom. The zero-order valence-electron chi connectivity index (χ0n) is 13.6. The molecule has 0 saturated carbocycles. The van der Waals surface area contributed by atoms with Crippen molar-refractivity contribution in [3.05, 3.63) is 35.4 Å². The van der Waals surface area contributed by atoms with E-state index in [1.165, 1.54) is 24.0 Å². The largest absolute Gasteiger partial charge is 0.337 e. The lowest BCUT2D eigenvalue weighted by atomic mass is 9.96. The molecule has 0 spiro atoms. The highest BCUT2D eigenvalue weighted by Gasteiger charge is 2.24. The van der Waals surface area contributed by atoms with Crippen molar-refractivity contribution < 1.29 is 4.79 Å². The summed E-state index contributed by atoms with van der Waals surface area (Å²) in [6.07, 6.45) is 3.40. The van der Waals surface area contributed by atoms with Gasteiger partial charge in [-0.25, -0.2) is 0 Å². The summed E-state index contributed by atoms with van der Waals surface area (Å²) in [6.45, 7) is 5.46. The monoisotopic (exact) mass is 301 g/mol. The smallest absolute Gasteiger partial charge is 0.237 e. The fraction of sp³-hybridized carbons (Fsp3) is 0.611. The van der Waals surface area contributed by atoms with E-state index < -0.39 is 0 Å². The summed E-state index contributed by atoms with van der Waals surface area (Å²) in [5, 5.41) is 3.26. The number of hydrogen-bond donors (Lipinski definition) is 1. The normalized spacial score (nSPS) is 20.0. The SMILES string of the molecule is CNCC1CCN(CC(=O)N2CCc3ccccc3C2)CC1. The molecule has 1 saturated heterocycles. The topological polar surface area (TPSA) is 35.6 Å². The molecule has 22 heavy (non-hydrogen) atoms. The molecule has 1 N–H and O–H groups in total. The maximum Gasteiger partial charge on any atom is 0.237 e. The molecule has 1 aromatic rings. The first-order valence-corrected chi connectivity index (χ1v) is 8.48. The Morgan fingerprint density at radius 2 is 1.91 bits per heavy atom. The Hall–Kier alpha value is -1.39. The molecule has 120 valence electrons. The van der Waals surface area contributed by atoms with Crippen LogP contribution in [0.3, 0.4) is 0 Å². The van der Waals surface area contributed by atoms with Gasteiger partial charge in [-0.05, 0) is 63.0 Å². The van der Waals surface area contributed by atoms with Crippen LogP contribution in [0, 0.1) is 5.92 Å². The second-order valence-electron chi connectivity index (χ2n) is 6.61. The first-order chi connectivity index (χ1) is 10.8. The van der Waals surface area contributed by atoms with Gasteiger partial charge in [0.05, 0.1) is 6.54 Å². The van der Waals surface area contributed by atoms with E-state index in [2.05, 4.69) is 34.5 Å². The Balaban J connectivity index is 1.49. The van der Waals surface area contributed by atoms with Crippen molar-refractivity contribution in [2.45, 2.75) is 25.8 Å². The molecule has 0 aliphatic carbocycles. The zero-order chi connectivity index (χ0) is 15.4. The fourth-order valence-corrected chi connectivity index (χ4v) is 3.64. The maximum absolute atomic E-state index is 12.6. The van der Waals surface area contributed by atoms with Crippen LogP contribution in [0.5, 0.6) is 0 Å². The van der Waals surface area contributed by atoms with Crippen molar-refractivity contribution in [3.8, 4) is 0 Å². The van der Waals surface area contributed by atoms with Gasteiger partial charge in [0.25, 0.3) is 0 Å². The van der Waals surface area contributed by atoms with Crippen molar-refractivity contribution in [1.29, 1.82) is 0 Å². The highest BCUT2D eigenvalue weighted by atomic mass is 16.2. The number of benzene rings is 1. The van der Waals surface area contributed by atoms with E-state index in [1.807, 2.05) is 11.9 Å². The minimum Gasteiger partial charge on any atom is -0.337 e. The van der Waals surface area contributed by atoms with Crippen LogP contribution in [0.15, 0.2) is 24.3 Å². The average molecular weight is 301 g/mol. The van der Waals surface area contributed by atoms with Crippen LogP contribution >= 0.6 is 0 Å². The van der Waals surface area contributed by atoms with E-state index in [4.69, 9.17) is 0 Å². The van der Waals surface area contributed by atoms with Gasteiger partial charge in [-0.2, -0.15) is 0 Å². The van der Waals surface area contributed by atoms with Gasteiger partial charge < -0.3 is 10.2 Å². The summed E-state index contributed by atoms with van der Waals surface area (Å²) in [6, 6.07) is 8.49. The number of nitrogens with zero attached hydrogens (tertiary/aromatic N) is 2. The van der Waals surface area contributed by atoms with Crippen LogP contribution in [0.25, 0.3) is 0 Å². The van der Waals surface area contributed by atoms with E-state index in [1.54, 1.807) is 0 Å². The van der Waals surface area contributed by atoms with Gasteiger partial charge in [0.1, 0.15) is 0 Å². The van der Waals surface area contributed by atoms with Crippen molar-refractivity contribution in [2.24, 2.45) is 5.92 Å².